The summed E-state index contributed by atoms with van der Waals surface area (Å²) in [7, 11) is -0.500. The molecule has 24 heavy (non-hydrogen) atoms. The van der Waals surface area contributed by atoms with E-state index in [4.69, 9.17) is 0 Å². The van der Waals surface area contributed by atoms with Gasteiger partial charge in [-0.15, -0.1) is 0 Å². The minimum Gasteiger partial charge on any atom is -0.310 e. The van der Waals surface area contributed by atoms with Crippen molar-refractivity contribution in [1.29, 1.82) is 0 Å². The fourth-order valence-corrected chi connectivity index (χ4v) is 4.97. The first-order valence-corrected chi connectivity index (χ1v) is 9.81. The molecular weight excluding hydrogens is 309 g/mol. The maximum Gasteiger partial charge on any atom is 0.0207 e. The highest BCUT2D eigenvalue weighted by Crippen LogP contribution is 2.32. The predicted molar refractivity (Wildman–Crippen MR) is 107 cm³/mol. The SMILES string of the molecule is CC(C)NCc1ccc(P(c2ccccc2)c2ccccc2)cc1. The third-order valence-corrected chi connectivity index (χ3v) is 6.38. The normalized spacial score (nSPS) is 11.2. The highest BCUT2D eigenvalue weighted by atomic mass is 31.1. The smallest absolute Gasteiger partial charge is 0.0207 e. The molecule has 0 aliphatic rings. The Labute approximate surface area is 146 Å². The first-order chi connectivity index (χ1) is 11.7. The fraction of sp³-hybridized carbons (Fsp3) is 0.182. The Bertz CT molecular complexity index is 696. The molecular formula is C22H24NP. The number of nitrogens with one attached hydrogen (secondary N) is 1. The van der Waals surface area contributed by atoms with E-state index in [2.05, 4.69) is 104 Å². The van der Waals surface area contributed by atoms with Gasteiger partial charge in [0.25, 0.3) is 0 Å². The standard InChI is InChI=1S/C22H24NP/c1-18(2)23-17-19-13-15-22(16-14-19)24(20-9-5-3-6-10-20)21-11-7-4-8-12-21/h3-16,18,23H,17H2,1-2H3. The van der Waals surface area contributed by atoms with E-state index in [0.717, 1.165) is 6.54 Å². The van der Waals surface area contributed by atoms with Gasteiger partial charge < -0.3 is 5.32 Å². The summed E-state index contributed by atoms with van der Waals surface area (Å²) in [5.41, 5.74) is 1.34. The Balaban J connectivity index is 1.92. The van der Waals surface area contributed by atoms with Gasteiger partial charge in [-0.25, -0.2) is 0 Å². The molecule has 0 aromatic heterocycles. The van der Waals surface area contributed by atoms with Gasteiger partial charge in [-0.2, -0.15) is 0 Å². The maximum atomic E-state index is 3.48. The number of hydrogen-bond acceptors (Lipinski definition) is 1. The highest BCUT2D eigenvalue weighted by molar-refractivity contribution is 7.79. The summed E-state index contributed by atoms with van der Waals surface area (Å²) in [5.74, 6) is 0. The summed E-state index contributed by atoms with van der Waals surface area (Å²) >= 11 is 0. The van der Waals surface area contributed by atoms with Gasteiger partial charge in [0.1, 0.15) is 0 Å². The Kier molecular flexibility index (Phi) is 5.80. The van der Waals surface area contributed by atoms with Crippen molar-refractivity contribution in [2.45, 2.75) is 26.4 Å². The van der Waals surface area contributed by atoms with Crippen molar-refractivity contribution in [1.82, 2.24) is 5.32 Å². The van der Waals surface area contributed by atoms with Crippen LogP contribution in [0.4, 0.5) is 0 Å². The molecule has 3 aromatic carbocycles. The second-order valence-electron chi connectivity index (χ2n) is 6.21. The van der Waals surface area contributed by atoms with Crippen LogP contribution in [0.3, 0.4) is 0 Å². The minimum absolute atomic E-state index is 0.500. The van der Waals surface area contributed by atoms with Gasteiger partial charge in [0, 0.05) is 12.6 Å². The van der Waals surface area contributed by atoms with Gasteiger partial charge in [-0.3, -0.25) is 0 Å². The average molecular weight is 333 g/mol. The summed E-state index contributed by atoms with van der Waals surface area (Å²) in [6.45, 7) is 5.28. The minimum atomic E-state index is -0.500. The van der Waals surface area contributed by atoms with E-state index in [9.17, 15) is 0 Å². The van der Waals surface area contributed by atoms with E-state index in [0.29, 0.717) is 6.04 Å². The molecule has 1 N–H and O–H groups in total. The van der Waals surface area contributed by atoms with Gasteiger partial charge in [0.15, 0.2) is 0 Å². The third kappa shape index (κ3) is 4.32. The molecule has 3 rings (SSSR count). The van der Waals surface area contributed by atoms with Crippen LogP contribution in [0.5, 0.6) is 0 Å². The quantitative estimate of drug-likeness (QED) is 0.674. The van der Waals surface area contributed by atoms with Crippen molar-refractivity contribution >= 4 is 23.8 Å². The molecule has 0 unspecified atom stereocenters. The highest BCUT2D eigenvalue weighted by Gasteiger charge is 2.15. The van der Waals surface area contributed by atoms with Gasteiger partial charge in [0.05, 0.1) is 0 Å². The molecule has 0 bridgehead atoms. The lowest BCUT2D eigenvalue weighted by Crippen LogP contribution is -2.23. The molecule has 122 valence electrons. The second-order valence-corrected chi connectivity index (χ2v) is 8.43. The fourth-order valence-electron chi connectivity index (χ4n) is 2.69. The molecule has 0 saturated heterocycles. The third-order valence-electron chi connectivity index (χ3n) is 3.94. The lowest BCUT2D eigenvalue weighted by atomic mass is 10.2. The van der Waals surface area contributed by atoms with Crippen molar-refractivity contribution < 1.29 is 0 Å². The van der Waals surface area contributed by atoms with Gasteiger partial charge in [0.2, 0.25) is 0 Å². The van der Waals surface area contributed by atoms with Crippen LogP contribution in [0, 0.1) is 0 Å². The molecule has 1 nitrogen and oxygen atoms in total. The van der Waals surface area contributed by atoms with Gasteiger partial charge in [-0.05, 0) is 29.4 Å². The molecule has 0 spiro atoms. The van der Waals surface area contributed by atoms with Crippen LogP contribution in [0.25, 0.3) is 0 Å². The topological polar surface area (TPSA) is 12.0 Å². The first kappa shape index (κ1) is 16.9. The molecule has 0 amide bonds. The molecule has 3 aromatic rings. The molecule has 0 atom stereocenters. The lowest BCUT2D eigenvalue weighted by molar-refractivity contribution is 0.589. The molecule has 0 heterocycles. The summed E-state index contributed by atoms with van der Waals surface area (Å²) in [5, 5.41) is 7.67. The average Bonchev–Trinajstić information content (AvgIpc) is 2.63. The van der Waals surface area contributed by atoms with Crippen molar-refractivity contribution in [3.63, 3.8) is 0 Å². The van der Waals surface area contributed by atoms with Crippen molar-refractivity contribution in [2.75, 3.05) is 0 Å². The maximum absolute atomic E-state index is 3.48. The van der Waals surface area contributed by atoms with Gasteiger partial charge in [-0.1, -0.05) is 98.8 Å². The Morgan fingerprint density at radius 1 is 0.667 bits per heavy atom. The Morgan fingerprint density at radius 3 is 1.58 bits per heavy atom. The summed E-state index contributed by atoms with van der Waals surface area (Å²) in [4.78, 5) is 0. The zero-order chi connectivity index (χ0) is 16.8. The zero-order valence-electron chi connectivity index (χ0n) is 14.3. The van der Waals surface area contributed by atoms with E-state index in [1.807, 2.05) is 0 Å². The first-order valence-electron chi connectivity index (χ1n) is 8.46. The molecule has 2 heteroatoms. The van der Waals surface area contributed by atoms with Crippen LogP contribution in [0.2, 0.25) is 0 Å². The second kappa shape index (κ2) is 8.24. The predicted octanol–water partition coefficient (Wildman–Crippen LogP) is 3.94. The largest absolute Gasteiger partial charge is 0.310 e. The number of hydrogen-bond donors (Lipinski definition) is 1. The van der Waals surface area contributed by atoms with E-state index >= 15 is 0 Å². The molecule has 0 fully saturated rings. The van der Waals surface area contributed by atoms with Gasteiger partial charge >= 0.3 is 0 Å². The summed E-state index contributed by atoms with van der Waals surface area (Å²) in [6.07, 6.45) is 0. The number of benzene rings is 3. The molecule has 0 radical (unpaired) electrons. The van der Waals surface area contributed by atoms with Crippen LogP contribution in [0.1, 0.15) is 19.4 Å². The van der Waals surface area contributed by atoms with E-state index < -0.39 is 7.92 Å². The van der Waals surface area contributed by atoms with Crippen LogP contribution in [-0.4, -0.2) is 6.04 Å². The summed E-state index contributed by atoms with van der Waals surface area (Å²) in [6, 6.07) is 31.3. The number of rotatable bonds is 6. The van der Waals surface area contributed by atoms with Crippen molar-refractivity contribution in [3.05, 3.63) is 90.5 Å². The molecule has 0 aliphatic carbocycles. The Hall–Kier alpha value is -1.95. The summed E-state index contributed by atoms with van der Waals surface area (Å²) < 4.78 is 0. The van der Waals surface area contributed by atoms with Crippen LogP contribution < -0.4 is 21.2 Å². The van der Waals surface area contributed by atoms with Crippen LogP contribution >= 0.6 is 7.92 Å². The molecule has 0 aliphatic heterocycles. The zero-order valence-corrected chi connectivity index (χ0v) is 15.2. The van der Waals surface area contributed by atoms with E-state index in [-0.39, 0.29) is 0 Å². The lowest BCUT2D eigenvalue weighted by Gasteiger charge is -2.19. The monoisotopic (exact) mass is 333 g/mol. The Morgan fingerprint density at radius 2 is 1.12 bits per heavy atom. The van der Waals surface area contributed by atoms with Crippen molar-refractivity contribution in [2.24, 2.45) is 0 Å². The van der Waals surface area contributed by atoms with E-state index in [1.54, 1.807) is 0 Å². The van der Waals surface area contributed by atoms with Crippen molar-refractivity contribution in [3.8, 4) is 0 Å². The van der Waals surface area contributed by atoms with Crippen LogP contribution in [-0.2, 0) is 6.54 Å². The van der Waals surface area contributed by atoms with Crippen LogP contribution in [0.15, 0.2) is 84.9 Å². The molecule has 0 saturated carbocycles. The van der Waals surface area contributed by atoms with E-state index in [1.165, 1.54) is 21.5 Å².